The average molecular weight is 422 g/mol. The summed E-state index contributed by atoms with van der Waals surface area (Å²) in [6.07, 6.45) is 1.47. The van der Waals surface area contributed by atoms with Gasteiger partial charge in [0, 0.05) is 15.2 Å². The molecule has 0 aliphatic heterocycles. The molecule has 0 bridgehead atoms. The molecule has 7 heteroatoms. The first kappa shape index (κ1) is 18.8. The molecule has 0 aromatic heterocycles. The van der Waals surface area contributed by atoms with Crippen molar-refractivity contribution in [3.05, 3.63) is 57.0 Å². The van der Waals surface area contributed by atoms with Crippen molar-refractivity contribution in [2.45, 2.75) is 0 Å². The van der Waals surface area contributed by atoms with Crippen LogP contribution < -0.4 is 14.8 Å². The number of hydrogen-bond donors (Lipinski definition) is 1. The summed E-state index contributed by atoms with van der Waals surface area (Å²) in [5.74, 6) is 0.509. The minimum atomic E-state index is -0.522. The Bertz CT molecular complexity index is 858. The first-order valence-corrected chi connectivity index (χ1v) is 8.25. The smallest absolute Gasteiger partial charge is 0.266 e. The lowest BCUT2D eigenvalue weighted by Gasteiger charge is -2.10. The fraction of sp³-hybridized carbons (Fsp3) is 0.111. The number of benzene rings is 2. The lowest BCUT2D eigenvalue weighted by atomic mass is 10.1. The van der Waals surface area contributed by atoms with E-state index >= 15 is 0 Å². The van der Waals surface area contributed by atoms with Crippen LogP contribution in [0.3, 0.4) is 0 Å². The molecule has 2 rings (SSSR count). The molecule has 0 aliphatic carbocycles. The zero-order chi connectivity index (χ0) is 18.4. The standard InChI is InChI=1S/C18H14BrClN2O3/c1-24-16-8-11(15(19)9-17(16)25-2)7-12(10-21)18(23)22-14-5-3-13(20)4-6-14/h3-9H,1-2H3,(H,22,23)/b12-7+. The van der Waals surface area contributed by atoms with Crippen LogP contribution in [-0.4, -0.2) is 20.1 Å². The zero-order valence-corrected chi connectivity index (χ0v) is 15.8. The van der Waals surface area contributed by atoms with E-state index in [1.54, 1.807) is 36.4 Å². The monoisotopic (exact) mass is 420 g/mol. The fourth-order valence-corrected chi connectivity index (χ4v) is 2.58. The van der Waals surface area contributed by atoms with E-state index in [0.717, 1.165) is 0 Å². The molecule has 0 spiro atoms. The van der Waals surface area contributed by atoms with Crippen molar-refractivity contribution >= 4 is 45.2 Å². The highest BCUT2D eigenvalue weighted by Crippen LogP contribution is 2.34. The average Bonchev–Trinajstić information content (AvgIpc) is 2.62. The van der Waals surface area contributed by atoms with Crippen LogP contribution in [0.2, 0.25) is 5.02 Å². The maximum atomic E-state index is 12.3. The van der Waals surface area contributed by atoms with E-state index in [1.165, 1.54) is 20.3 Å². The number of hydrogen-bond acceptors (Lipinski definition) is 4. The molecule has 0 saturated heterocycles. The summed E-state index contributed by atoms with van der Waals surface area (Å²) >= 11 is 9.21. The number of anilines is 1. The summed E-state index contributed by atoms with van der Waals surface area (Å²) in [5, 5.41) is 12.5. The molecular formula is C18H14BrClN2O3. The predicted molar refractivity (Wildman–Crippen MR) is 101 cm³/mol. The van der Waals surface area contributed by atoms with Gasteiger partial charge in [0.1, 0.15) is 11.6 Å². The number of halogens is 2. The molecule has 0 unspecified atom stereocenters. The Labute approximate surface area is 158 Å². The Morgan fingerprint density at radius 3 is 2.36 bits per heavy atom. The van der Waals surface area contributed by atoms with Gasteiger partial charge in [0.05, 0.1) is 14.2 Å². The van der Waals surface area contributed by atoms with Crippen LogP contribution in [0.4, 0.5) is 5.69 Å². The fourth-order valence-electron chi connectivity index (χ4n) is 2.02. The third kappa shape index (κ3) is 4.75. The Hall–Kier alpha value is -2.49. The van der Waals surface area contributed by atoms with Crippen LogP contribution in [0.5, 0.6) is 11.5 Å². The molecule has 2 aromatic carbocycles. The number of nitrogens with one attached hydrogen (secondary N) is 1. The summed E-state index contributed by atoms with van der Waals surface area (Å²) in [5.41, 5.74) is 1.10. The van der Waals surface area contributed by atoms with Gasteiger partial charge in [0.15, 0.2) is 11.5 Å². The van der Waals surface area contributed by atoms with Gasteiger partial charge in [-0.05, 0) is 48.0 Å². The molecule has 0 heterocycles. The quantitative estimate of drug-likeness (QED) is 0.563. The van der Waals surface area contributed by atoms with Gasteiger partial charge in [-0.1, -0.05) is 27.5 Å². The number of ether oxygens (including phenoxy) is 2. The van der Waals surface area contributed by atoms with Gasteiger partial charge in [0.25, 0.3) is 5.91 Å². The Morgan fingerprint density at radius 2 is 1.80 bits per heavy atom. The van der Waals surface area contributed by atoms with Crippen molar-refractivity contribution in [2.75, 3.05) is 19.5 Å². The van der Waals surface area contributed by atoms with E-state index < -0.39 is 5.91 Å². The van der Waals surface area contributed by atoms with E-state index in [2.05, 4.69) is 21.2 Å². The summed E-state index contributed by atoms with van der Waals surface area (Å²) in [7, 11) is 3.04. The molecule has 25 heavy (non-hydrogen) atoms. The highest BCUT2D eigenvalue weighted by atomic mass is 79.9. The van der Waals surface area contributed by atoms with Crippen LogP contribution >= 0.6 is 27.5 Å². The molecule has 0 aliphatic rings. The minimum Gasteiger partial charge on any atom is -0.493 e. The van der Waals surface area contributed by atoms with Crippen molar-refractivity contribution in [1.82, 2.24) is 0 Å². The highest BCUT2D eigenvalue weighted by molar-refractivity contribution is 9.10. The van der Waals surface area contributed by atoms with Gasteiger partial charge < -0.3 is 14.8 Å². The van der Waals surface area contributed by atoms with Gasteiger partial charge in [-0.15, -0.1) is 0 Å². The Balaban J connectivity index is 2.32. The number of carbonyl (C=O) groups is 1. The van der Waals surface area contributed by atoms with Crippen molar-refractivity contribution in [3.63, 3.8) is 0 Å². The lowest BCUT2D eigenvalue weighted by Crippen LogP contribution is -2.13. The van der Waals surface area contributed by atoms with Gasteiger partial charge in [-0.3, -0.25) is 4.79 Å². The van der Waals surface area contributed by atoms with Crippen LogP contribution in [0, 0.1) is 11.3 Å². The van der Waals surface area contributed by atoms with Crippen LogP contribution in [-0.2, 0) is 4.79 Å². The van der Waals surface area contributed by atoms with Crippen LogP contribution in [0.25, 0.3) is 6.08 Å². The number of nitriles is 1. The molecule has 1 amide bonds. The normalized spacial score (nSPS) is 10.8. The van der Waals surface area contributed by atoms with E-state index in [4.69, 9.17) is 21.1 Å². The molecule has 0 saturated carbocycles. The van der Waals surface area contributed by atoms with Crippen LogP contribution in [0.15, 0.2) is 46.4 Å². The first-order chi connectivity index (χ1) is 12.0. The van der Waals surface area contributed by atoms with Crippen molar-refractivity contribution in [2.24, 2.45) is 0 Å². The second kappa shape index (κ2) is 8.56. The Kier molecular flexibility index (Phi) is 6.45. The van der Waals surface area contributed by atoms with E-state index in [-0.39, 0.29) is 5.57 Å². The minimum absolute atomic E-state index is 0.0529. The second-order valence-electron chi connectivity index (χ2n) is 4.86. The lowest BCUT2D eigenvalue weighted by molar-refractivity contribution is -0.112. The highest BCUT2D eigenvalue weighted by Gasteiger charge is 2.13. The third-order valence-electron chi connectivity index (χ3n) is 3.27. The van der Waals surface area contributed by atoms with Gasteiger partial charge in [0.2, 0.25) is 0 Å². The SMILES string of the molecule is COc1cc(Br)c(/C=C(\C#N)C(=O)Nc2ccc(Cl)cc2)cc1OC. The van der Waals surface area contributed by atoms with E-state index in [9.17, 15) is 10.1 Å². The summed E-state index contributed by atoms with van der Waals surface area (Å²) in [6.45, 7) is 0. The van der Waals surface area contributed by atoms with Gasteiger partial charge in [-0.2, -0.15) is 5.26 Å². The summed E-state index contributed by atoms with van der Waals surface area (Å²) in [4.78, 5) is 12.3. The van der Waals surface area contributed by atoms with E-state index in [0.29, 0.717) is 32.2 Å². The maximum Gasteiger partial charge on any atom is 0.266 e. The second-order valence-corrected chi connectivity index (χ2v) is 6.15. The zero-order valence-electron chi connectivity index (χ0n) is 13.5. The predicted octanol–water partition coefficient (Wildman–Crippen LogP) is 4.67. The number of amides is 1. The molecular weight excluding hydrogens is 408 g/mol. The molecule has 0 atom stereocenters. The third-order valence-corrected chi connectivity index (χ3v) is 4.21. The van der Waals surface area contributed by atoms with Crippen molar-refractivity contribution in [1.29, 1.82) is 5.26 Å². The maximum absolute atomic E-state index is 12.3. The summed E-state index contributed by atoms with van der Waals surface area (Å²) < 4.78 is 11.1. The molecule has 5 nitrogen and oxygen atoms in total. The largest absolute Gasteiger partial charge is 0.493 e. The number of carbonyl (C=O) groups excluding carboxylic acids is 1. The first-order valence-electron chi connectivity index (χ1n) is 7.08. The molecule has 0 radical (unpaired) electrons. The molecule has 128 valence electrons. The molecule has 1 N–H and O–H groups in total. The van der Waals surface area contributed by atoms with Crippen LogP contribution in [0.1, 0.15) is 5.56 Å². The molecule has 2 aromatic rings. The van der Waals surface area contributed by atoms with Gasteiger partial charge in [-0.25, -0.2) is 0 Å². The number of nitrogens with zero attached hydrogens (tertiary/aromatic N) is 1. The van der Waals surface area contributed by atoms with Crippen molar-refractivity contribution < 1.29 is 14.3 Å². The van der Waals surface area contributed by atoms with Crippen molar-refractivity contribution in [3.8, 4) is 17.6 Å². The summed E-state index contributed by atoms with van der Waals surface area (Å²) in [6, 6.07) is 11.9. The molecule has 0 fully saturated rings. The number of rotatable bonds is 5. The topological polar surface area (TPSA) is 71.3 Å². The number of methoxy groups -OCH3 is 2. The van der Waals surface area contributed by atoms with E-state index in [1.807, 2.05) is 6.07 Å². The van der Waals surface area contributed by atoms with Gasteiger partial charge >= 0.3 is 0 Å². The Morgan fingerprint density at radius 1 is 1.20 bits per heavy atom.